The first kappa shape index (κ1) is 36.6. The standard InChI is InChI=1S/C25H49N7O13/c26-7(5-33)3-31-4-10-16(36)17(37)14(30)22(42-10)44-20-8(27)1-9(32-24(40)25(41)2-12(25)28)21(19(20)39)45-23-18(38)13(29)15(35)11(6-34)43-23/h7-23,31,33-39,41H,1-6,26-30H2,(H,32,40)/t7?,8-,9+,10+,11+,12?,13-,14+,15+,16+,17+,18+,19-,20?,21-,22+,23+,25?/m0/s1. The largest absolute Gasteiger partial charge is 0.395 e. The number of aliphatic hydroxyl groups is 8. The molecule has 0 spiro atoms. The normalized spacial score (nSPS) is 49.4. The van der Waals surface area contributed by atoms with Crippen LogP contribution in [0.2, 0.25) is 0 Å². The summed E-state index contributed by atoms with van der Waals surface area (Å²) in [4.78, 5) is 12.9. The highest BCUT2D eigenvalue weighted by Gasteiger charge is 2.59. The molecule has 4 rings (SSSR count). The molecule has 0 bridgehead atoms. The monoisotopic (exact) mass is 655 g/mol. The third kappa shape index (κ3) is 7.74. The first-order chi connectivity index (χ1) is 21.1. The molecule has 2 aliphatic carbocycles. The summed E-state index contributed by atoms with van der Waals surface area (Å²) in [5.74, 6) is -0.844. The topological polar surface area (TPSA) is 370 Å². The molecule has 1 amide bonds. The van der Waals surface area contributed by atoms with Gasteiger partial charge in [0.2, 0.25) is 0 Å². The van der Waals surface area contributed by atoms with Crippen molar-refractivity contribution in [1.82, 2.24) is 10.6 Å². The molecule has 2 saturated carbocycles. The Bertz CT molecular complexity index is 992. The minimum atomic E-state index is -1.84. The van der Waals surface area contributed by atoms with Crippen molar-refractivity contribution < 1.29 is 64.6 Å². The van der Waals surface area contributed by atoms with Crippen LogP contribution in [0, 0.1) is 0 Å². The van der Waals surface area contributed by atoms with E-state index in [-0.39, 0.29) is 32.5 Å². The van der Waals surface area contributed by atoms with Crippen molar-refractivity contribution >= 4 is 5.91 Å². The summed E-state index contributed by atoms with van der Waals surface area (Å²) in [7, 11) is 0. The summed E-state index contributed by atoms with van der Waals surface area (Å²) >= 11 is 0. The van der Waals surface area contributed by atoms with E-state index in [2.05, 4.69) is 10.6 Å². The van der Waals surface area contributed by atoms with Gasteiger partial charge in [-0.05, 0) is 6.42 Å². The van der Waals surface area contributed by atoms with Gasteiger partial charge < -0.3 is 99.1 Å². The molecule has 20 heteroatoms. The molecule has 2 saturated heterocycles. The summed E-state index contributed by atoms with van der Waals surface area (Å²) < 4.78 is 23.3. The number of carbonyl (C=O) groups is 1. The molecule has 20 nitrogen and oxygen atoms in total. The van der Waals surface area contributed by atoms with Gasteiger partial charge in [0, 0.05) is 37.6 Å². The summed E-state index contributed by atoms with van der Waals surface area (Å²) in [6, 6.07) is -6.14. The van der Waals surface area contributed by atoms with E-state index < -0.39 is 122 Å². The van der Waals surface area contributed by atoms with Gasteiger partial charge in [0.1, 0.15) is 54.9 Å². The summed E-state index contributed by atoms with van der Waals surface area (Å²) in [6.45, 7) is -0.812. The molecule has 0 radical (unpaired) electrons. The average Bonchev–Trinajstić information content (AvgIpc) is 3.64. The third-order valence-corrected chi connectivity index (χ3v) is 8.97. The third-order valence-electron chi connectivity index (χ3n) is 8.97. The minimum absolute atomic E-state index is 0.000161. The second-order valence-corrected chi connectivity index (χ2v) is 12.4. The fourth-order valence-corrected chi connectivity index (χ4v) is 5.83. The molecular formula is C25H49N7O13. The van der Waals surface area contributed by atoms with E-state index in [1.165, 1.54) is 0 Å². The number of hydrogen-bond donors (Lipinski definition) is 15. The second-order valence-electron chi connectivity index (χ2n) is 12.4. The molecule has 20 N–H and O–H groups in total. The zero-order chi connectivity index (χ0) is 33.4. The Labute approximate surface area is 258 Å². The van der Waals surface area contributed by atoms with Gasteiger partial charge in [-0.25, -0.2) is 0 Å². The predicted molar refractivity (Wildman–Crippen MR) is 150 cm³/mol. The van der Waals surface area contributed by atoms with E-state index in [9.17, 15) is 40.5 Å². The zero-order valence-corrected chi connectivity index (χ0v) is 24.6. The summed E-state index contributed by atoms with van der Waals surface area (Å²) in [6.07, 6.45) is -16.0. The zero-order valence-electron chi connectivity index (χ0n) is 24.6. The number of amides is 1. The molecule has 45 heavy (non-hydrogen) atoms. The van der Waals surface area contributed by atoms with E-state index in [1.54, 1.807) is 0 Å². The number of hydrogen-bond acceptors (Lipinski definition) is 19. The van der Waals surface area contributed by atoms with Crippen LogP contribution in [-0.4, -0.2) is 182 Å². The Morgan fingerprint density at radius 3 is 2.09 bits per heavy atom. The van der Waals surface area contributed by atoms with Crippen LogP contribution < -0.4 is 39.3 Å². The molecule has 4 fully saturated rings. The highest BCUT2D eigenvalue weighted by molar-refractivity contribution is 5.89. The summed E-state index contributed by atoms with van der Waals surface area (Å²) in [5.41, 5.74) is 27.9. The van der Waals surface area contributed by atoms with E-state index in [4.69, 9.17) is 52.7 Å². The van der Waals surface area contributed by atoms with Crippen LogP contribution in [-0.2, 0) is 23.7 Å². The van der Waals surface area contributed by atoms with Crippen molar-refractivity contribution in [2.45, 2.75) is 122 Å². The maximum atomic E-state index is 12.9. The van der Waals surface area contributed by atoms with Gasteiger partial charge in [0.15, 0.2) is 18.2 Å². The van der Waals surface area contributed by atoms with Crippen molar-refractivity contribution in [3.05, 3.63) is 0 Å². The molecular weight excluding hydrogens is 606 g/mol. The van der Waals surface area contributed by atoms with E-state index in [0.29, 0.717) is 0 Å². The van der Waals surface area contributed by atoms with Gasteiger partial charge in [-0.2, -0.15) is 0 Å². The number of nitrogens with two attached hydrogens (primary N) is 5. The Kier molecular flexibility index (Phi) is 12.1. The van der Waals surface area contributed by atoms with Gasteiger partial charge in [-0.15, -0.1) is 0 Å². The fourth-order valence-electron chi connectivity index (χ4n) is 5.83. The molecule has 0 aromatic rings. The van der Waals surface area contributed by atoms with Crippen molar-refractivity contribution in [2.24, 2.45) is 28.7 Å². The van der Waals surface area contributed by atoms with Crippen molar-refractivity contribution in [3.8, 4) is 0 Å². The predicted octanol–water partition coefficient (Wildman–Crippen LogP) is -9.75. The smallest absolute Gasteiger partial charge is 0.253 e. The van der Waals surface area contributed by atoms with E-state index >= 15 is 0 Å². The number of ether oxygens (including phenoxy) is 4. The fraction of sp³-hybridized carbons (Fsp3) is 0.960. The first-order valence-electron chi connectivity index (χ1n) is 14.9. The SMILES string of the molecule is NC(CO)CNC[C@H]1O[C@H](OC2[C@@H](N)C[C@@H](NC(=O)C3(O)CC3N)[C@H](O[C@H]3O[C@H](CO)[C@@H](O)[C@H](N)[C@H]3O)[C@H]2O)[C@H](N)[C@@H](O)[C@@H]1O. The maximum absolute atomic E-state index is 12.9. The van der Waals surface area contributed by atoms with Gasteiger partial charge in [-0.3, -0.25) is 4.79 Å². The Morgan fingerprint density at radius 1 is 0.867 bits per heavy atom. The lowest BCUT2D eigenvalue weighted by Gasteiger charge is -2.49. The average molecular weight is 656 g/mol. The van der Waals surface area contributed by atoms with Crippen LogP contribution in [0.15, 0.2) is 0 Å². The highest BCUT2D eigenvalue weighted by Crippen LogP contribution is 2.36. The number of nitrogens with one attached hydrogen (secondary N) is 2. The van der Waals surface area contributed by atoms with Gasteiger partial charge in [-0.1, -0.05) is 0 Å². The summed E-state index contributed by atoms with van der Waals surface area (Å²) in [5, 5.41) is 88.3. The van der Waals surface area contributed by atoms with Crippen LogP contribution in [0.4, 0.5) is 0 Å². The lowest BCUT2D eigenvalue weighted by atomic mass is 9.83. The van der Waals surface area contributed by atoms with Crippen LogP contribution in [0.1, 0.15) is 12.8 Å². The first-order valence-corrected chi connectivity index (χ1v) is 14.9. The maximum Gasteiger partial charge on any atom is 0.253 e. The van der Waals surface area contributed by atoms with Crippen molar-refractivity contribution in [3.63, 3.8) is 0 Å². The van der Waals surface area contributed by atoms with Crippen LogP contribution in [0.5, 0.6) is 0 Å². The number of rotatable bonds is 12. The Balaban J connectivity index is 1.52. The van der Waals surface area contributed by atoms with Crippen molar-refractivity contribution in [1.29, 1.82) is 0 Å². The van der Waals surface area contributed by atoms with Crippen LogP contribution in [0.3, 0.4) is 0 Å². The lowest BCUT2D eigenvalue weighted by molar-refractivity contribution is -0.320. The van der Waals surface area contributed by atoms with Crippen LogP contribution in [0.25, 0.3) is 0 Å². The Hall–Kier alpha value is -1.25. The molecule has 0 aromatic carbocycles. The number of aliphatic hydroxyl groups excluding tert-OH is 7. The van der Waals surface area contributed by atoms with Crippen molar-refractivity contribution in [2.75, 3.05) is 26.3 Å². The molecule has 4 unspecified atom stereocenters. The van der Waals surface area contributed by atoms with Gasteiger partial charge in [0.05, 0.1) is 31.3 Å². The minimum Gasteiger partial charge on any atom is -0.395 e. The Morgan fingerprint density at radius 2 is 1.49 bits per heavy atom. The molecule has 0 aromatic heterocycles. The quantitative estimate of drug-likeness (QED) is 0.0927. The van der Waals surface area contributed by atoms with E-state index in [1.807, 2.05) is 0 Å². The molecule has 2 heterocycles. The molecule has 262 valence electrons. The second kappa shape index (κ2) is 14.9. The molecule has 4 aliphatic rings. The van der Waals surface area contributed by atoms with Gasteiger partial charge in [0.25, 0.3) is 5.91 Å². The molecule has 18 atom stereocenters. The van der Waals surface area contributed by atoms with Crippen LogP contribution >= 0.6 is 0 Å². The lowest BCUT2D eigenvalue weighted by Crippen LogP contribution is -2.70. The number of carbonyl (C=O) groups excluding carboxylic acids is 1. The van der Waals surface area contributed by atoms with E-state index in [0.717, 1.165) is 0 Å². The molecule has 2 aliphatic heterocycles. The van der Waals surface area contributed by atoms with Gasteiger partial charge >= 0.3 is 0 Å². The highest BCUT2D eigenvalue weighted by atomic mass is 16.7.